The molecule has 0 unspecified atom stereocenters. The van der Waals surface area contributed by atoms with E-state index in [2.05, 4.69) is 0 Å². The number of aliphatic hydroxyl groups is 1. The molecule has 7 nitrogen and oxygen atoms in total. The maximum atomic E-state index is 12.8. The van der Waals surface area contributed by atoms with Crippen LogP contribution in [-0.2, 0) is 30.8 Å². The molecular weight excluding hydrogens is 370 g/mol. The topological polar surface area (TPSA) is 101 Å². The van der Waals surface area contributed by atoms with Gasteiger partial charge < -0.3 is 9.84 Å². The number of allylic oxidation sites excluding steroid dienone is 1. The summed E-state index contributed by atoms with van der Waals surface area (Å²) >= 11 is 0. The fraction of sp³-hybridized carbons (Fsp3) is 0.474. The Balaban J connectivity index is 0.00000102. The maximum Gasteiger partial charge on any atom is 0.312 e. The van der Waals surface area contributed by atoms with E-state index in [-0.39, 0.29) is 18.3 Å². The predicted molar refractivity (Wildman–Crippen MR) is 97.5 cm³/mol. The third kappa shape index (κ3) is 3.51. The van der Waals surface area contributed by atoms with Gasteiger partial charge in [-0.1, -0.05) is 30.3 Å². The average molecular weight is 393 g/mol. The number of amides is 1. The highest BCUT2D eigenvalue weighted by molar-refractivity contribution is 7.94. The molecule has 146 valence electrons. The Morgan fingerprint density at radius 2 is 1.70 bits per heavy atom. The second-order valence-corrected chi connectivity index (χ2v) is 8.62. The Bertz CT molecular complexity index is 853. The molecule has 0 spiro atoms. The van der Waals surface area contributed by atoms with E-state index in [1.54, 1.807) is 12.1 Å². The molecule has 0 aromatic heterocycles. The summed E-state index contributed by atoms with van der Waals surface area (Å²) in [5, 5.41) is 7.00. The number of hydrogen-bond donors (Lipinski definition) is 1. The number of carbonyl (C=O) groups excluding carboxylic acids is 2. The quantitative estimate of drug-likeness (QED) is 0.780. The van der Waals surface area contributed by atoms with Gasteiger partial charge >= 0.3 is 5.97 Å². The van der Waals surface area contributed by atoms with Crippen LogP contribution < -0.4 is 0 Å². The van der Waals surface area contributed by atoms with Gasteiger partial charge in [0, 0.05) is 12.7 Å². The van der Waals surface area contributed by atoms with E-state index in [1.807, 2.05) is 18.2 Å². The van der Waals surface area contributed by atoms with Crippen molar-refractivity contribution in [3.8, 4) is 0 Å². The number of nitrogens with zero attached hydrogens (tertiary/aromatic N) is 1. The molecule has 1 aromatic carbocycles. The van der Waals surface area contributed by atoms with E-state index in [4.69, 9.17) is 9.84 Å². The third-order valence-electron chi connectivity index (χ3n) is 5.33. The predicted octanol–water partition coefficient (Wildman–Crippen LogP) is 1.58. The van der Waals surface area contributed by atoms with Crippen LogP contribution in [0.4, 0.5) is 0 Å². The van der Waals surface area contributed by atoms with Crippen LogP contribution in [0.15, 0.2) is 40.8 Å². The van der Waals surface area contributed by atoms with Crippen molar-refractivity contribution in [1.82, 2.24) is 4.31 Å². The number of esters is 1. The highest BCUT2D eigenvalue weighted by Crippen LogP contribution is 2.51. The fourth-order valence-corrected chi connectivity index (χ4v) is 6.06. The minimum absolute atomic E-state index is 0.0345. The van der Waals surface area contributed by atoms with Gasteiger partial charge in [0.25, 0.3) is 15.9 Å². The van der Waals surface area contributed by atoms with Crippen LogP contribution in [0, 0.1) is 11.8 Å². The summed E-state index contributed by atoms with van der Waals surface area (Å²) in [6, 6.07) is 9.04. The number of fused-ring (bicyclic) bond motifs is 2. The lowest BCUT2D eigenvalue weighted by Gasteiger charge is -2.34. The molecule has 0 atom stereocenters. The molecular formula is C19H23NO6S. The number of carbonyl (C=O) groups is 2. The van der Waals surface area contributed by atoms with Crippen LogP contribution in [0.5, 0.6) is 0 Å². The highest BCUT2D eigenvalue weighted by atomic mass is 32.2. The van der Waals surface area contributed by atoms with Crippen LogP contribution in [-0.4, -0.2) is 43.5 Å². The first kappa shape index (κ1) is 19.6. The summed E-state index contributed by atoms with van der Waals surface area (Å²) in [4.78, 5) is 24.9. The number of hydrogen-bond acceptors (Lipinski definition) is 6. The van der Waals surface area contributed by atoms with Crippen molar-refractivity contribution in [2.75, 3.05) is 13.8 Å². The zero-order chi connectivity index (χ0) is 19.6. The maximum absolute atomic E-state index is 12.8. The second kappa shape index (κ2) is 7.82. The molecule has 2 bridgehead atoms. The van der Waals surface area contributed by atoms with Gasteiger partial charge in [-0.25, -0.2) is 8.42 Å². The summed E-state index contributed by atoms with van der Waals surface area (Å²) in [5.41, 5.74) is 1.22. The number of ether oxygens (including phenoxy) is 1. The van der Waals surface area contributed by atoms with Crippen molar-refractivity contribution in [1.29, 1.82) is 0 Å². The Morgan fingerprint density at radius 3 is 2.30 bits per heavy atom. The Kier molecular flexibility index (Phi) is 5.67. The van der Waals surface area contributed by atoms with Crippen molar-refractivity contribution in [2.24, 2.45) is 11.8 Å². The Hall–Kier alpha value is -2.19. The van der Waals surface area contributed by atoms with Crippen LogP contribution in [0.1, 0.15) is 31.2 Å². The van der Waals surface area contributed by atoms with Crippen LogP contribution in [0.2, 0.25) is 0 Å². The van der Waals surface area contributed by atoms with E-state index in [9.17, 15) is 18.0 Å². The molecule has 1 saturated carbocycles. The first-order valence-electron chi connectivity index (χ1n) is 8.94. The highest BCUT2D eigenvalue weighted by Gasteiger charge is 2.53. The molecule has 1 N–H and O–H groups in total. The van der Waals surface area contributed by atoms with Crippen molar-refractivity contribution < 1.29 is 27.9 Å². The largest absolute Gasteiger partial charge is 0.443 e. The summed E-state index contributed by atoms with van der Waals surface area (Å²) in [6.07, 6.45) is 3.41. The van der Waals surface area contributed by atoms with Crippen LogP contribution >= 0.6 is 0 Å². The monoisotopic (exact) mass is 393 g/mol. The van der Waals surface area contributed by atoms with E-state index >= 15 is 0 Å². The molecule has 5 rings (SSSR count). The average Bonchev–Trinajstić information content (AvgIpc) is 2.91. The number of benzene rings is 1. The number of sulfonamides is 1. The number of rotatable bonds is 4. The third-order valence-corrected chi connectivity index (χ3v) is 7.29. The smallest absolute Gasteiger partial charge is 0.312 e. The van der Waals surface area contributed by atoms with Crippen LogP contribution in [0.3, 0.4) is 0 Å². The molecule has 4 aliphatic rings. The molecule has 27 heavy (non-hydrogen) atoms. The molecule has 0 radical (unpaired) electrons. The van der Waals surface area contributed by atoms with Gasteiger partial charge in [-0.2, -0.15) is 4.31 Å². The zero-order valence-electron chi connectivity index (χ0n) is 15.1. The van der Waals surface area contributed by atoms with E-state index in [1.165, 1.54) is 0 Å². The first-order chi connectivity index (χ1) is 13.0. The van der Waals surface area contributed by atoms with E-state index in [0.717, 1.165) is 42.7 Å². The van der Waals surface area contributed by atoms with E-state index < -0.39 is 28.6 Å². The van der Waals surface area contributed by atoms with Gasteiger partial charge in [-0.15, -0.1) is 0 Å². The van der Waals surface area contributed by atoms with Gasteiger partial charge in [-0.3, -0.25) is 9.59 Å². The summed E-state index contributed by atoms with van der Waals surface area (Å²) in [5.74, 6) is -1.08. The molecule has 3 aliphatic carbocycles. The zero-order valence-corrected chi connectivity index (χ0v) is 15.9. The standard InChI is InChI=1S/C18H19NO5S.CH4O/c20-15(10-12-4-2-1-3-5-12)24-11-19-18(21)16-13-6-8-14(9-7-13)17(16)25(19,22)23;1-2/h1-5,13-14H,6-11H2;2H,1H3. The molecule has 1 heterocycles. The lowest BCUT2D eigenvalue weighted by atomic mass is 9.71. The summed E-state index contributed by atoms with van der Waals surface area (Å²) in [7, 11) is -2.85. The fourth-order valence-electron chi connectivity index (χ4n) is 4.13. The minimum atomic E-state index is -3.85. The van der Waals surface area contributed by atoms with Gasteiger partial charge in [0.15, 0.2) is 6.73 Å². The normalized spacial score (nSPS) is 25.0. The second-order valence-electron chi connectivity index (χ2n) is 6.79. The molecule has 1 amide bonds. The van der Waals surface area contributed by atoms with Crippen molar-refractivity contribution in [2.45, 2.75) is 32.1 Å². The van der Waals surface area contributed by atoms with Gasteiger partial charge in [0.1, 0.15) is 0 Å². The van der Waals surface area contributed by atoms with E-state index in [0.29, 0.717) is 10.5 Å². The van der Waals surface area contributed by atoms with Crippen molar-refractivity contribution in [3.63, 3.8) is 0 Å². The van der Waals surface area contributed by atoms with Gasteiger partial charge in [-0.05, 0) is 43.1 Å². The van der Waals surface area contributed by atoms with Gasteiger partial charge in [0.05, 0.1) is 11.3 Å². The summed E-state index contributed by atoms with van der Waals surface area (Å²) < 4.78 is 31.3. The molecule has 1 aromatic rings. The lowest BCUT2D eigenvalue weighted by Crippen LogP contribution is -2.35. The lowest BCUT2D eigenvalue weighted by molar-refractivity contribution is -0.147. The van der Waals surface area contributed by atoms with Crippen molar-refractivity contribution in [3.05, 3.63) is 46.4 Å². The SMILES string of the molecule is CO.O=C(Cc1ccccc1)OCN1C(=O)C2=C(C3CCC2CC3)S1(=O)=O. The molecule has 0 saturated heterocycles. The van der Waals surface area contributed by atoms with Crippen LogP contribution in [0.25, 0.3) is 0 Å². The Labute approximate surface area is 158 Å². The minimum Gasteiger partial charge on any atom is -0.443 e. The molecule has 1 aliphatic heterocycles. The molecule has 8 heteroatoms. The first-order valence-corrected chi connectivity index (χ1v) is 10.4. The number of aliphatic hydroxyl groups excluding tert-OH is 1. The molecule has 1 fully saturated rings. The van der Waals surface area contributed by atoms with Crippen molar-refractivity contribution >= 4 is 21.9 Å². The van der Waals surface area contributed by atoms with Gasteiger partial charge in [0.2, 0.25) is 0 Å². The Morgan fingerprint density at radius 1 is 1.11 bits per heavy atom. The summed E-state index contributed by atoms with van der Waals surface area (Å²) in [6.45, 7) is -0.542.